The number of phenolic OH excluding ortho intramolecular Hbond substituents is 1. The molecule has 0 radical (unpaired) electrons. The summed E-state index contributed by atoms with van der Waals surface area (Å²) in [6.07, 6.45) is 0. The molecule has 4 nitrogen and oxygen atoms in total. The first kappa shape index (κ1) is 12.4. The van der Waals surface area contributed by atoms with Gasteiger partial charge in [-0.05, 0) is 43.3 Å². The van der Waals surface area contributed by atoms with Crippen molar-refractivity contribution in [2.24, 2.45) is 0 Å². The van der Waals surface area contributed by atoms with E-state index in [9.17, 15) is 8.42 Å². The second-order valence-electron chi connectivity index (χ2n) is 3.84. The van der Waals surface area contributed by atoms with E-state index in [1.165, 1.54) is 36.4 Å². The first-order chi connectivity index (χ1) is 8.47. The van der Waals surface area contributed by atoms with Crippen LogP contribution in [0.5, 0.6) is 11.5 Å². The second kappa shape index (κ2) is 4.70. The Balaban J connectivity index is 2.27. The minimum Gasteiger partial charge on any atom is -0.508 e. The van der Waals surface area contributed by atoms with Crippen LogP contribution < -0.4 is 4.18 Å². The molecule has 0 atom stereocenters. The predicted octanol–water partition coefficient (Wildman–Crippen LogP) is 2.47. The van der Waals surface area contributed by atoms with Gasteiger partial charge in [0, 0.05) is 0 Å². The normalized spacial score (nSPS) is 11.2. The summed E-state index contributed by atoms with van der Waals surface area (Å²) in [4.78, 5) is 0.0983. The molecular formula is C13H12O4S. The lowest BCUT2D eigenvalue weighted by atomic mass is 10.2. The summed E-state index contributed by atoms with van der Waals surface area (Å²) in [5, 5.41) is 9.10. The van der Waals surface area contributed by atoms with E-state index < -0.39 is 10.1 Å². The van der Waals surface area contributed by atoms with Gasteiger partial charge in [0.1, 0.15) is 16.4 Å². The van der Waals surface area contributed by atoms with E-state index in [0.29, 0.717) is 0 Å². The average molecular weight is 264 g/mol. The van der Waals surface area contributed by atoms with Crippen LogP contribution in [0.15, 0.2) is 53.4 Å². The molecular weight excluding hydrogens is 252 g/mol. The molecule has 0 saturated carbocycles. The Morgan fingerprint density at radius 2 is 1.50 bits per heavy atom. The largest absolute Gasteiger partial charge is 0.508 e. The summed E-state index contributed by atoms with van der Waals surface area (Å²) in [6, 6.07) is 11.9. The van der Waals surface area contributed by atoms with Gasteiger partial charge in [0.05, 0.1) is 0 Å². The van der Waals surface area contributed by atoms with Crippen LogP contribution in [0.25, 0.3) is 0 Å². The van der Waals surface area contributed by atoms with Gasteiger partial charge in [-0.1, -0.05) is 17.7 Å². The van der Waals surface area contributed by atoms with Gasteiger partial charge in [-0.3, -0.25) is 0 Å². The third kappa shape index (κ3) is 2.81. The lowest BCUT2D eigenvalue weighted by molar-refractivity contribution is 0.468. The lowest BCUT2D eigenvalue weighted by Gasteiger charge is -2.07. The van der Waals surface area contributed by atoms with Crippen molar-refractivity contribution in [3.63, 3.8) is 0 Å². The molecule has 1 N–H and O–H groups in total. The SMILES string of the molecule is Cc1ccc(S(=O)(=O)Oc2ccc(O)cc2)cc1. The molecule has 0 saturated heterocycles. The molecule has 2 rings (SSSR count). The van der Waals surface area contributed by atoms with Crippen LogP contribution >= 0.6 is 0 Å². The Morgan fingerprint density at radius 3 is 2.06 bits per heavy atom. The second-order valence-corrected chi connectivity index (χ2v) is 5.39. The minimum absolute atomic E-state index is 0.0510. The molecule has 0 aliphatic rings. The van der Waals surface area contributed by atoms with Crippen molar-refractivity contribution in [1.82, 2.24) is 0 Å². The highest BCUT2D eigenvalue weighted by Gasteiger charge is 2.16. The Hall–Kier alpha value is -2.01. The van der Waals surface area contributed by atoms with Crippen molar-refractivity contribution >= 4 is 10.1 Å². The monoisotopic (exact) mass is 264 g/mol. The van der Waals surface area contributed by atoms with Gasteiger partial charge in [-0.2, -0.15) is 8.42 Å². The lowest BCUT2D eigenvalue weighted by Crippen LogP contribution is -2.09. The Morgan fingerprint density at radius 1 is 0.944 bits per heavy atom. The number of aromatic hydroxyl groups is 1. The van der Waals surface area contributed by atoms with E-state index in [4.69, 9.17) is 9.29 Å². The summed E-state index contributed by atoms with van der Waals surface area (Å²) in [6.45, 7) is 1.87. The van der Waals surface area contributed by atoms with Crippen LogP contribution in [0.1, 0.15) is 5.56 Å². The molecule has 0 aromatic heterocycles. The van der Waals surface area contributed by atoms with E-state index in [1.54, 1.807) is 12.1 Å². The molecule has 0 aliphatic carbocycles. The topological polar surface area (TPSA) is 63.6 Å². The van der Waals surface area contributed by atoms with E-state index in [-0.39, 0.29) is 16.4 Å². The predicted molar refractivity (Wildman–Crippen MR) is 67.1 cm³/mol. The highest BCUT2D eigenvalue weighted by Crippen LogP contribution is 2.21. The first-order valence-electron chi connectivity index (χ1n) is 5.27. The van der Waals surface area contributed by atoms with Crippen LogP contribution in [-0.2, 0) is 10.1 Å². The summed E-state index contributed by atoms with van der Waals surface area (Å²) < 4.78 is 28.8. The first-order valence-corrected chi connectivity index (χ1v) is 6.68. The molecule has 0 aliphatic heterocycles. The Bertz CT molecular complexity index is 628. The number of aryl methyl sites for hydroxylation is 1. The van der Waals surface area contributed by atoms with Crippen LogP contribution in [0.3, 0.4) is 0 Å². The van der Waals surface area contributed by atoms with E-state index >= 15 is 0 Å². The summed E-state index contributed by atoms with van der Waals surface area (Å²) >= 11 is 0. The molecule has 18 heavy (non-hydrogen) atoms. The summed E-state index contributed by atoms with van der Waals surface area (Å²) in [5.41, 5.74) is 0.971. The quantitative estimate of drug-likeness (QED) is 0.865. The maximum absolute atomic E-state index is 11.9. The zero-order valence-electron chi connectivity index (χ0n) is 9.70. The number of hydrogen-bond acceptors (Lipinski definition) is 4. The number of hydrogen-bond donors (Lipinski definition) is 1. The fourth-order valence-corrected chi connectivity index (χ4v) is 2.31. The molecule has 5 heteroatoms. The Labute approximate surface area is 106 Å². The van der Waals surface area contributed by atoms with Gasteiger partial charge in [-0.25, -0.2) is 0 Å². The van der Waals surface area contributed by atoms with Crippen molar-refractivity contribution in [3.8, 4) is 11.5 Å². The third-order valence-corrected chi connectivity index (χ3v) is 3.61. The van der Waals surface area contributed by atoms with Crippen molar-refractivity contribution in [3.05, 3.63) is 54.1 Å². The van der Waals surface area contributed by atoms with E-state index in [0.717, 1.165) is 5.56 Å². The molecule has 94 valence electrons. The van der Waals surface area contributed by atoms with Crippen LogP contribution in [0.2, 0.25) is 0 Å². The van der Waals surface area contributed by atoms with Gasteiger partial charge in [0.25, 0.3) is 0 Å². The highest BCUT2D eigenvalue weighted by molar-refractivity contribution is 7.87. The summed E-state index contributed by atoms with van der Waals surface area (Å²) in [5.74, 6) is 0.212. The standard InChI is InChI=1S/C13H12O4S/c1-10-2-8-13(9-3-10)18(15,16)17-12-6-4-11(14)5-7-12/h2-9,14H,1H3. The van der Waals surface area contributed by atoms with Crippen LogP contribution in [0, 0.1) is 6.92 Å². The number of benzene rings is 2. The molecule has 0 unspecified atom stereocenters. The maximum atomic E-state index is 11.9. The zero-order valence-corrected chi connectivity index (χ0v) is 10.5. The smallest absolute Gasteiger partial charge is 0.339 e. The minimum atomic E-state index is -3.82. The highest BCUT2D eigenvalue weighted by atomic mass is 32.2. The van der Waals surface area contributed by atoms with Gasteiger partial charge in [0.15, 0.2) is 0 Å². The van der Waals surface area contributed by atoms with Crippen molar-refractivity contribution in [2.45, 2.75) is 11.8 Å². The summed E-state index contributed by atoms with van der Waals surface area (Å²) in [7, 11) is -3.82. The van der Waals surface area contributed by atoms with Crippen molar-refractivity contribution in [2.75, 3.05) is 0 Å². The van der Waals surface area contributed by atoms with Gasteiger partial charge < -0.3 is 9.29 Å². The van der Waals surface area contributed by atoms with Crippen molar-refractivity contribution in [1.29, 1.82) is 0 Å². The van der Waals surface area contributed by atoms with Crippen LogP contribution in [0.4, 0.5) is 0 Å². The molecule has 2 aromatic rings. The van der Waals surface area contributed by atoms with Crippen molar-refractivity contribution < 1.29 is 17.7 Å². The zero-order chi connectivity index (χ0) is 13.2. The molecule has 0 bridgehead atoms. The van der Waals surface area contributed by atoms with Crippen LogP contribution in [-0.4, -0.2) is 13.5 Å². The molecule has 0 spiro atoms. The average Bonchev–Trinajstić information content (AvgIpc) is 2.32. The molecule has 0 heterocycles. The van der Waals surface area contributed by atoms with Gasteiger partial charge in [-0.15, -0.1) is 0 Å². The number of phenols is 1. The maximum Gasteiger partial charge on any atom is 0.339 e. The third-order valence-electron chi connectivity index (χ3n) is 2.35. The molecule has 0 fully saturated rings. The van der Waals surface area contributed by atoms with Gasteiger partial charge in [0.2, 0.25) is 0 Å². The van der Waals surface area contributed by atoms with E-state index in [2.05, 4.69) is 0 Å². The van der Waals surface area contributed by atoms with E-state index in [1.807, 2.05) is 6.92 Å². The number of rotatable bonds is 3. The van der Waals surface area contributed by atoms with Gasteiger partial charge >= 0.3 is 10.1 Å². The fourth-order valence-electron chi connectivity index (χ4n) is 1.38. The Kier molecular flexibility index (Phi) is 3.25. The molecule has 2 aromatic carbocycles. The fraction of sp³-hybridized carbons (Fsp3) is 0.0769. The molecule has 0 amide bonds.